The van der Waals surface area contributed by atoms with Crippen LogP contribution in [0.3, 0.4) is 0 Å². The topological polar surface area (TPSA) is 93.5 Å². The van der Waals surface area contributed by atoms with Crippen LogP contribution in [0.4, 0.5) is 5.69 Å². The molecule has 1 fully saturated rings. The Hall–Kier alpha value is -2.89. The van der Waals surface area contributed by atoms with Gasteiger partial charge in [-0.1, -0.05) is 6.07 Å². The van der Waals surface area contributed by atoms with E-state index in [1.165, 1.54) is 12.1 Å². The number of carbonyl (C=O) groups is 1. The van der Waals surface area contributed by atoms with Gasteiger partial charge in [-0.25, -0.2) is 13.1 Å². The number of anilines is 1. The van der Waals surface area contributed by atoms with E-state index in [0.717, 1.165) is 18.7 Å². The van der Waals surface area contributed by atoms with Crippen LogP contribution in [-0.4, -0.2) is 51.4 Å². The zero-order chi connectivity index (χ0) is 21.7. The molecule has 7 nitrogen and oxygen atoms in total. The lowest BCUT2D eigenvalue weighted by atomic mass is 10.2. The fourth-order valence-electron chi connectivity index (χ4n) is 3.48. The molecule has 0 atom stereocenters. The van der Waals surface area contributed by atoms with Crippen LogP contribution in [0.15, 0.2) is 53.4 Å². The predicted octanol–water partition coefficient (Wildman–Crippen LogP) is 2.60. The molecule has 0 spiro atoms. The van der Waals surface area contributed by atoms with Gasteiger partial charge >= 0.3 is 0 Å². The molecular formula is C22H26N4O3S. The first-order chi connectivity index (χ1) is 14.3. The molecule has 1 heterocycles. The minimum absolute atomic E-state index is 0.0936. The maximum absolute atomic E-state index is 13.0. The molecular weight excluding hydrogens is 400 g/mol. The lowest BCUT2D eigenvalue weighted by Crippen LogP contribution is -2.35. The zero-order valence-electron chi connectivity index (χ0n) is 17.2. The van der Waals surface area contributed by atoms with Gasteiger partial charge in [0.1, 0.15) is 0 Å². The number of amides is 1. The molecule has 1 N–H and O–H groups in total. The molecule has 8 heteroatoms. The zero-order valence-corrected chi connectivity index (χ0v) is 18.0. The summed E-state index contributed by atoms with van der Waals surface area (Å²) in [6, 6.07) is 15.5. The molecule has 3 rings (SSSR count). The highest BCUT2D eigenvalue weighted by Gasteiger charge is 2.23. The van der Waals surface area contributed by atoms with Crippen LogP contribution < -0.4 is 9.62 Å². The Morgan fingerprint density at radius 2 is 1.80 bits per heavy atom. The van der Waals surface area contributed by atoms with E-state index in [4.69, 9.17) is 5.26 Å². The summed E-state index contributed by atoms with van der Waals surface area (Å²) >= 11 is 0. The molecule has 30 heavy (non-hydrogen) atoms. The van der Waals surface area contributed by atoms with Gasteiger partial charge in [0.25, 0.3) is 5.91 Å². The molecule has 0 saturated carbocycles. The third-order valence-corrected chi connectivity index (χ3v) is 6.58. The molecule has 1 aliphatic rings. The highest BCUT2D eigenvalue weighted by atomic mass is 32.2. The van der Waals surface area contributed by atoms with Crippen LogP contribution in [0.5, 0.6) is 0 Å². The standard InChI is InChI=1S/C22H26N4O3S/c1-17(2)24-30(28,29)21-6-3-5-19(15-21)22(27)26-12-4-11-25(13-14-26)20-9-7-18(16-23)8-10-20/h3,5-10,15,17,24H,4,11-14H2,1-2H3. The third kappa shape index (κ3) is 5.17. The molecule has 0 aliphatic carbocycles. The minimum atomic E-state index is -3.66. The number of carbonyl (C=O) groups excluding carboxylic acids is 1. The average Bonchev–Trinajstić information content (AvgIpc) is 2.99. The maximum Gasteiger partial charge on any atom is 0.253 e. The number of benzene rings is 2. The Morgan fingerprint density at radius 1 is 1.07 bits per heavy atom. The Morgan fingerprint density at radius 3 is 2.47 bits per heavy atom. The summed E-state index contributed by atoms with van der Waals surface area (Å²) in [5.74, 6) is -0.168. The lowest BCUT2D eigenvalue weighted by Gasteiger charge is -2.24. The SMILES string of the molecule is CC(C)NS(=O)(=O)c1cccc(C(=O)N2CCCN(c3ccc(C#N)cc3)CC2)c1. The van der Waals surface area contributed by atoms with Crippen LogP contribution in [0.2, 0.25) is 0 Å². The molecule has 0 bridgehead atoms. The fourth-order valence-corrected chi connectivity index (χ4v) is 4.78. The smallest absolute Gasteiger partial charge is 0.253 e. The van der Waals surface area contributed by atoms with Gasteiger partial charge in [0, 0.05) is 43.5 Å². The molecule has 1 amide bonds. The van der Waals surface area contributed by atoms with E-state index in [-0.39, 0.29) is 16.8 Å². The summed E-state index contributed by atoms with van der Waals surface area (Å²) in [6.07, 6.45) is 0.804. The normalized spacial score (nSPS) is 15.0. The lowest BCUT2D eigenvalue weighted by molar-refractivity contribution is 0.0767. The summed E-state index contributed by atoms with van der Waals surface area (Å²) in [5.41, 5.74) is 2.01. The molecule has 0 radical (unpaired) electrons. The van der Waals surface area contributed by atoms with Crippen LogP contribution >= 0.6 is 0 Å². The molecule has 0 aromatic heterocycles. The summed E-state index contributed by atoms with van der Waals surface area (Å²) < 4.78 is 27.4. The molecule has 2 aromatic rings. The van der Waals surface area contributed by atoms with Crippen molar-refractivity contribution in [2.75, 3.05) is 31.1 Å². The monoisotopic (exact) mass is 426 g/mol. The van der Waals surface area contributed by atoms with E-state index in [1.807, 2.05) is 12.1 Å². The van der Waals surface area contributed by atoms with Crippen molar-refractivity contribution in [2.24, 2.45) is 0 Å². The first-order valence-corrected chi connectivity index (χ1v) is 11.5. The van der Waals surface area contributed by atoms with Crippen LogP contribution in [0.25, 0.3) is 0 Å². The van der Waals surface area contributed by atoms with E-state index >= 15 is 0 Å². The van der Waals surface area contributed by atoms with Gasteiger partial charge in [-0.2, -0.15) is 5.26 Å². The van der Waals surface area contributed by atoms with Crippen molar-refractivity contribution in [3.63, 3.8) is 0 Å². The first-order valence-electron chi connectivity index (χ1n) is 9.97. The number of nitrogens with one attached hydrogen (secondary N) is 1. The van der Waals surface area contributed by atoms with Gasteiger partial charge in [0.2, 0.25) is 10.0 Å². The van der Waals surface area contributed by atoms with E-state index in [0.29, 0.717) is 30.8 Å². The van der Waals surface area contributed by atoms with Crippen molar-refractivity contribution in [1.29, 1.82) is 5.26 Å². The van der Waals surface area contributed by atoms with Crippen molar-refractivity contribution >= 4 is 21.6 Å². The highest BCUT2D eigenvalue weighted by Crippen LogP contribution is 2.19. The van der Waals surface area contributed by atoms with Crippen LogP contribution in [0.1, 0.15) is 36.2 Å². The van der Waals surface area contributed by atoms with Gasteiger partial charge in [-0.05, 0) is 62.7 Å². The molecule has 0 unspecified atom stereocenters. The minimum Gasteiger partial charge on any atom is -0.370 e. The third-order valence-electron chi connectivity index (χ3n) is 4.93. The number of hydrogen-bond donors (Lipinski definition) is 1. The summed E-state index contributed by atoms with van der Waals surface area (Å²) in [5, 5.41) is 8.95. The van der Waals surface area contributed by atoms with Crippen LogP contribution in [-0.2, 0) is 10.0 Å². The Labute approximate surface area is 178 Å². The molecule has 158 valence electrons. The largest absolute Gasteiger partial charge is 0.370 e. The van der Waals surface area contributed by atoms with Gasteiger partial charge < -0.3 is 9.80 Å². The quantitative estimate of drug-likeness (QED) is 0.793. The van der Waals surface area contributed by atoms with Gasteiger partial charge in [-0.15, -0.1) is 0 Å². The van der Waals surface area contributed by atoms with E-state index in [9.17, 15) is 13.2 Å². The number of sulfonamides is 1. The van der Waals surface area contributed by atoms with Crippen molar-refractivity contribution in [3.8, 4) is 6.07 Å². The second kappa shape index (κ2) is 9.28. The summed E-state index contributed by atoms with van der Waals surface area (Å²) in [7, 11) is -3.66. The van der Waals surface area contributed by atoms with Crippen LogP contribution in [0, 0.1) is 11.3 Å². The predicted molar refractivity (Wildman–Crippen MR) is 116 cm³/mol. The number of hydrogen-bond acceptors (Lipinski definition) is 5. The summed E-state index contributed by atoms with van der Waals surface area (Å²) in [6.45, 7) is 6.13. The Kier molecular flexibility index (Phi) is 6.75. The van der Waals surface area contributed by atoms with Crippen molar-refractivity contribution < 1.29 is 13.2 Å². The fraction of sp³-hybridized carbons (Fsp3) is 0.364. The van der Waals surface area contributed by atoms with Gasteiger partial charge in [0.15, 0.2) is 0 Å². The first kappa shape index (κ1) is 21.8. The number of nitrogens with zero attached hydrogens (tertiary/aromatic N) is 3. The van der Waals surface area contributed by atoms with Gasteiger partial charge in [-0.3, -0.25) is 4.79 Å². The number of nitriles is 1. The Balaban J connectivity index is 1.72. The van der Waals surface area contributed by atoms with Crippen molar-refractivity contribution in [1.82, 2.24) is 9.62 Å². The average molecular weight is 427 g/mol. The van der Waals surface area contributed by atoms with E-state index in [2.05, 4.69) is 15.7 Å². The molecule has 1 saturated heterocycles. The van der Waals surface area contributed by atoms with Crippen molar-refractivity contribution in [2.45, 2.75) is 31.2 Å². The highest BCUT2D eigenvalue weighted by molar-refractivity contribution is 7.89. The second-order valence-electron chi connectivity index (χ2n) is 7.60. The molecule has 1 aliphatic heterocycles. The van der Waals surface area contributed by atoms with E-state index in [1.54, 1.807) is 43.0 Å². The Bertz CT molecular complexity index is 1040. The van der Waals surface area contributed by atoms with Crippen molar-refractivity contribution in [3.05, 3.63) is 59.7 Å². The number of rotatable bonds is 5. The van der Waals surface area contributed by atoms with Gasteiger partial charge in [0.05, 0.1) is 16.5 Å². The molecule has 2 aromatic carbocycles. The van der Waals surface area contributed by atoms with E-state index < -0.39 is 10.0 Å². The maximum atomic E-state index is 13.0. The second-order valence-corrected chi connectivity index (χ2v) is 9.31. The summed E-state index contributed by atoms with van der Waals surface area (Å²) in [4.78, 5) is 17.1.